The highest BCUT2D eigenvalue weighted by atomic mass is 19.4. The van der Waals surface area contributed by atoms with Crippen LogP contribution in [0, 0.1) is 0 Å². The summed E-state index contributed by atoms with van der Waals surface area (Å²) < 4.78 is 39.2. The molecule has 0 radical (unpaired) electrons. The molecule has 0 bridgehead atoms. The predicted molar refractivity (Wildman–Crippen MR) is 144 cm³/mol. The fraction of sp³-hybridized carbons (Fsp3) is 0.467. The largest absolute Gasteiger partial charge is 0.416 e. The van der Waals surface area contributed by atoms with Gasteiger partial charge in [0.1, 0.15) is 6.54 Å². The Bertz CT molecular complexity index is 1280. The summed E-state index contributed by atoms with van der Waals surface area (Å²) in [5.41, 5.74) is 1.96. The number of alkyl halides is 3. The van der Waals surface area contributed by atoms with Crippen LogP contribution in [-0.4, -0.2) is 51.9 Å². The molecule has 1 aromatic heterocycles. The van der Waals surface area contributed by atoms with E-state index in [1.54, 1.807) is 9.80 Å². The number of benzene rings is 2. The molecule has 0 aliphatic heterocycles. The van der Waals surface area contributed by atoms with Gasteiger partial charge >= 0.3 is 12.2 Å². The quantitative estimate of drug-likeness (QED) is 0.336. The van der Waals surface area contributed by atoms with Crippen molar-refractivity contribution < 1.29 is 22.8 Å². The Morgan fingerprint density at radius 1 is 0.949 bits per heavy atom. The molecule has 2 N–H and O–H groups in total. The van der Waals surface area contributed by atoms with Gasteiger partial charge in [-0.25, -0.2) is 4.79 Å². The van der Waals surface area contributed by atoms with Gasteiger partial charge in [0.2, 0.25) is 5.91 Å². The van der Waals surface area contributed by atoms with Gasteiger partial charge in [0.25, 0.3) is 0 Å². The first-order valence-corrected chi connectivity index (χ1v) is 13.8. The highest BCUT2D eigenvalue weighted by Gasteiger charge is 2.36. The molecule has 2 fully saturated rings. The summed E-state index contributed by atoms with van der Waals surface area (Å²) >= 11 is 0. The summed E-state index contributed by atoms with van der Waals surface area (Å²) in [6, 6.07) is 12.9. The molecule has 3 aromatic rings. The third-order valence-corrected chi connectivity index (χ3v) is 7.82. The monoisotopic (exact) mass is 540 g/mol. The van der Waals surface area contributed by atoms with Crippen LogP contribution in [0.25, 0.3) is 10.9 Å². The zero-order chi connectivity index (χ0) is 27.4. The summed E-state index contributed by atoms with van der Waals surface area (Å²) in [5, 5.41) is 4.21. The second-order valence-electron chi connectivity index (χ2n) is 10.8. The number of aromatic nitrogens is 1. The number of nitrogens with zero attached hydrogens (tertiary/aromatic N) is 2. The minimum Gasteiger partial charge on any atom is -0.361 e. The van der Waals surface area contributed by atoms with Gasteiger partial charge in [-0.15, -0.1) is 0 Å². The molecule has 6 nitrogen and oxygen atoms in total. The number of para-hydroxylation sites is 1. The van der Waals surface area contributed by atoms with Crippen molar-refractivity contribution in [1.29, 1.82) is 0 Å². The van der Waals surface area contributed by atoms with E-state index in [9.17, 15) is 22.8 Å². The minimum atomic E-state index is -4.42. The van der Waals surface area contributed by atoms with E-state index in [2.05, 4.69) is 10.3 Å². The maximum atomic E-state index is 13.7. The number of aromatic amines is 1. The zero-order valence-corrected chi connectivity index (χ0v) is 22.0. The second kappa shape index (κ2) is 11.7. The summed E-state index contributed by atoms with van der Waals surface area (Å²) in [5.74, 6) is -0.208. The number of H-pyrrole nitrogens is 1. The van der Waals surface area contributed by atoms with Crippen molar-refractivity contribution in [3.8, 4) is 0 Å². The van der Waals surface area contributed by atoms with Crippen LogP contribution in [0.5, 0.6) is 0 Å². The number of hydrogen-bond donors (Lipinski definition) is 2. The third kappa shape index (κ3) is 6.94. The average Bonchev–Trinajstić information content (AvgIpc) is 3.69. The molecular formula is C30H35F3N4O2. The van der Waals surface area contributed by atoms with Gasteiger partial charge < -0.3 is 20.1 Å². The molecule has 9 heteroatoms. The van der Waals surface area contributed by atoms with Gasteiger partial charge in [0.05, 0.1) is 5.56 Å². The molecule has 208 valence electrons. The van der Waals surface area contributed by atoms with E-state index in [0.717, 1.165) is 67.1 Å². The van der Waals surface area contributed by atoms with Gasteiger partial charge in [-0.3, -0.25) is 4.79 Å². The number of hydrogen-bond acceptors (Lipinski definition) is 2. The topological polar surface area (TPSA) is 68.4 Å². The molecule has 2 aliphatic carbocycles. The first-order valence-electron chi connectivity index (χ1n) is 13.8. The number of carbonyl (C=O) groups excluding carboxylic acids is 2. The van der Waals surface area contributed by atoms with Crippen molar-refractivity contribution in [2.75, 3.05) is 13.1 Å². The molecule has 39 heavy (non-hydrogen) atoms. The minimum absolute atomic E-state index is 0.0439. The lowest BCUT2D eigenvalue weighted by Gasteiger charge is -2.30. The molecule has 0 atom stereocenters. The molecule has 1 heterocycles. The van der Waals surface area contributed by atoms with Crippen molar-refractivity contribution in [3.05, 3.63) is 71.4 Å². The maximum absolute atomic E-state index is 13.7. The zero-order valence-electron chi connectivity index (χ0n) is 22.0. The van der Waals surface area contributed by atoms with Crippen LogP contribution in [-0.2, 0) is 23.9 Å². The van der Waals surface area contributed by atoms with E-state index in [0.29, 0.717) is 18.5 Å². The van der Waals surface area contributed by atoms with Crippen LogP contribution in [0.2, 0.25) is 0 Å². The van der Waals surface area contributed by atoms with Crippen LogP contribution >= 0.6 is 0 Å². The van der Waals surface area contributed by atoms with Crippen LogP contribution in [0.1, 0.15) is 61.6 Å². The number of nitrogens with one attached hydrogen (secondary N) is 2. The molecule has 0 saturated heterocycles. The number of urea groups is 1. The Morgan fingerprint density at radius 3 is 2.36 bits per heavy atom. The standard InChI is InChI=1S/C30H35F3N4O2/c31-30(32,33)23-12-10-21(11-13-23)19-36(17-16-22-18-34-27-9-5-4-8-26(22)27)28(38)20-37(25-14-15-25)29(39)35-24-6-2-1-3-7-24/h4-5,8-13,18,24-25,34H,1-3,6-7,14-17,19-20H2,(H,35,39). The summed E-state index contributed by atoms with van der Waals surface area (Å²) in [6.45, 7) is 0.504. The van der Waals surface area contributed by atoms with Gasteiger partial charge in [-0.05, 0) is 61.4 Å². The van der Waals surface area contributed by atoms with Crippen molar-refractivity contribution in [2.45, 2.75) is 76.2 Å². The van der Waals surface area contributed by atoms with Gasteiger partial charge in [0, 0.05) is 42.3 Å². The third-order valence-electron chi connectivity index (χ3n) is 7.82. The van der Waals surface area contributed by atoms with Gasteiger partial charge in [0.15, 0.2) is 0 Å². The Kier molecular flexibility index (Phi) is 8.14. The fourth-order valence-corrected chi connectivity index (χ4v) is 5.41. The smallest absolute Gasteiger partial charge is 0.361 e. The summed E-state index contributed by atoms with van der Waals surface area (Å²) in [6.07, 6.45) is 5.15. The Morgan fingerprint density at radius 2 is 1.67 bits per heavy atom. The normalized spacial score (nSPS) is 16.3. The number of halogens is 3. The van der Waals surface area contributed by atoms with Gasteiger partial charge in [-0.1, -0.05) is 49.6 Å². The van der Waals surface area contributed by atoms with E-state index in [-0.39, 0.29) is 37.1 Å². The van der Waals surface area contributed by atoms with E-state index < -0.39 is 11.7 Å². The molecule has 5 rings (SSSR count). The van der Waals surface area contributed by atoms with E-state index in [4.69, 9.17) is 0 Å². The number of rotatable bonds is 9. The second-order valence-corrected chi connectivity index (χ2v) is 10.8. The lowest BCUT2D eigenvalue weighted by Crippen LogP contribution is -2.50. The Hall–Kier alpha value is -3.49. The lowest BCUT2D eigenvalue weighted by atomic mass is 9.96. The molecule has 2 aliphatic rings. The fourth-order valence-electron chi connectivity index (χ4n) is 5.41. The van der Waals surface area contributed by atoms with Crippen molar-refractivity contribution in [1.82, 2.24) is 20.1 Å². The van der Waals surface area contributed by atoms with Crippen molar-refractivity contribution in [3.63, 3.8) is 0 Å². The highest BCUT2D eigenvalue weighted by molar-refractivity contribution is 5.85. The number of amides is 3. The van der Waals surface area contributed by atoms with Crippen LogP contribution < -0.4 is 5.32 Å². The Balaban J connectivity index is 1.31. The maximum Gasteiger partial charge on any atom is 0.416 e. The van der Waals surface area contributed by atoms with Crippen molar-refractivity contribution >= 4 is 22.8 Å². The molecular weight excluding hydrogens is 505 g/mol. The van der Waals surface area contributed by atoms with E-state index in [1.165, 1.54) is 18.6 Å². The van der Waals surface area contributed by atoms with E-state index >= 15 is 0 Å². The first-order chi connectivity index (χ1) is 18.8. The van der Waals surface area contributed by atoms with Crippen LogP contribution in [0.15, 0.2) is 54.7 Å². The first kappa shape index (κ1) is 27.1. The number of fused-ring (bicyclic) bond motifs is 1. The van der Waals surface area contributed by atoms with Crippen molar-refractivity contribution in [2.24, 2.45) is 0 Å². The molecule has 2 saturated carbocycles. The molecule has 0 unspecified atom stereocenters. The van der Waals surface area contributed by atoms with Crippen LogP contribution in [0.3, 0.4) is 0 Å². The molecule has 3 amide bonds. The summed E-state index contributed by atoms with van der Waals surface area (Å²) in [4.78, 5) is 33.4. The number of carbonyl (C=O) groups is 2. The van der Waals surface area contributed by atoms with E-state index in [1.807, 2.05) is 30.5 Å². The predicted octanol–water partition coefficient (Wildman–Crippen LogP) is 6.26. The van der Waals surface area contributed by atoms with Crippen LogP contribution in [0.4, 0.5) is 18.0 Å². The summed E-state index contributed by atoms with van der Waals surface area (Å²) in [7, 11) is 0. The lowest BCUT2D eigenvalue weighted by molar-refractivity contribution is -0.137. The average molecular weight is 541 g/mol. The SMILES string of the molecule is O=C(CN(C(=O)NC1CCCCC1)C1CC1)N(CCc1c[nH]c2ccccc12)Cc1ccc(C(F)(F)F)cc1. The molecule has 0 spiro atoms. The highest BCUT2D eigenvalue weighted by Crippen LogP contribution is 2.30. The Labute approximate surface area is 226 Å². The molecule has 2 aromatic carbocycles. The van der Waals surface area contributed by atoms with Gasteiger partial charge in [-0.2, -0.15) is 13.2 Å².